The number of para-hydroxylation sites is 1. The highest BCUT2D eigenvalue weighted by Crippen LogP contribution is 2.18. The fourth-order valence-electron chi connectivity index (χ4n) is 2.34. The van der Waals surface area contributed by atoms with Crippen molar-refractivity contribution < 1.29 is 0 Å². The van der Waals surface area contributed by atoms with Crippen LogP contribution in [0.15, 0.2) is 24.3 Å². The van der Waals surface area contributed by atoms with Crippen molar-refractivity contribution in [3.05, 3.63) is 29.8 Å². The van der Waals surface area contributed by atoms with Crippen molar-refractivity contribution in [3.63, 3.8) is 0 Å². The Hall–Kier alpha value is -1.02. The summed E-state index contributed by atoms with van der Waals surface area (Å²) in [6.45, 7) is 8.94. The van der Waals surface area contributed by atoms with Gasteiger partial charge in [0.2, 0.25) is 0 Å². The molecule has 0 aliphatic carbocycles. The molecule has 0 amide bonds. The van der Waals surface area contributed by atoms with Crippen LogP contribution in [-0.4, -0.2) is 25.5 Å². The second kappa shape index (κ2) is 7.42. The minimum atomic E-state index is 0.720. The molecule has 0 heterocycles. The van der Waals surface area contributed by atoms with Crippen LogP contribution in [0.25, 0.3) is 0 Å². The van der Waals surface area contributed by atoms with E-state index < -0.39 is 0 Å². The van der Waals surface area contributed by atoms with Crippen LogP contribution in [0.4, 0.5) is 5.69 Å². The third kappa shape index (κ3) is 5.54. The number of hydrogen-bond acceptors (Lipinski definition) is 2. The van der Waals surface area contributed by atoms with Gasteiger partial charge in [-0.05, 0) is 44.0 Å². The molecule has 0 aliphatic rings. The number of rotatable bonds is 7. The summed E-state index contributed by atoms with van der Waals surface area (Å²) >= 11 is 0. The van der Waals surface area contributed by atoms with Gasteiger partial charge in [0.1, 0.15) is 0 Å². The summed E-state index contributed by atoms with van der Waals surface area (Å²) in [6, 6.07) is 8.60. The van der Waals surface area contributed by atoms with Gasteiger partial charge in [0.15, 0.2) is 0 Å². The van der Waals surface area contributed by atoms with Crippen LogP contribution < -0.4 is 5.32 Å². The summed E-state index contributed by atoms with van der Waals surface area (Å²) in [6.07, 6.45) is 1.28. The Morgan fingerprint density at radius 1 is 1.11 bits per heavy atom. The number of anilines is 1. The quantitative estimate of drug-likeness (QED) is 0.788. The molecule has 0 fully saturated rings. The lowest BCUT2D eigenvalue weighted by Crippen LogP contribution is -2.16. The van der Waals surface area contributed by atoms with Crippen molar-refractivity contribution in [2.24, 2.45) is 11.8 Å². The summed E-state index contributed by atoms with van der Waals surface area (Å²) < 4.78 is 0. The van der Waals surface area contributed by atoms with E-state index in [1.165, 1.54) is 17.7 Å². The van der Waals surface area contributed by atoms with Crippen LogP contribution in [-0.2, 0) is 6.54 Å². The monoisotopic (exact) mass is 248 g/mol. The van der Waals surface area contributed by atoms with Gasteiger partial charge in [0.25, 0.3) is 0 Å². The molecule has 1 rings (SSSR count). The SMILES string of the molecule is CC(C)CC(C)CNc1ccccc1CN(C)C. The number of hydrogen-bond donors (Lipinski definition) is 1. The van der Waals surface area contributed by atoms with Crippen molar-refractivity contribution >= 4 is 5.69 Å². The molecule has 1 unspecified atom stereocenters. The van der Waals surface area contributed by atoms with Gasteiger partial charge in [-0.15, -0.1) is 0 Å². The van der Waals surface area contributed by atoms with E-state index in [4.69, 9.17) is 0 Å². The second-order valence-corrected chi connectivity index (χ2v) is 6.01. The summed E-state index contributed by atoms with van der Waals surface area (Å²) in [7, 11) is 4.22. The Bertz CT molecular complexity index is 345. The molecule has 0 radical (unpaired) electrons. The molecule has 0 bridgehead atoms. The molecule has 0 aromatic heterocycles. The first kappa shape index (κ1) is 15.0. The molecule has 102 valence electrons. The molecule has 0 aliphatic heterocycles. The van der Waals surface area contributed by atoms with Crippen molar-refractivity contribution in [3.8, 4) is 0 Å². The Morgan fingerprint density at radius 3 is 2.39 bits per heavy atom. The molecule has 0 saturated heterocycles. The zero-order chi connectivity index (χ0) is 13.5. The highest BCUT2D eigenvalue weighted by molar-refractivity contribution is 5.51. The highest BCUT2D eigenvalue weighted by atomic mass is 15.1. The van der Waals surface area contributed by atoms with Gasteiger partial charge in [-0.1, -0.05) is 39.0 Å². The number of benzene rings is 1. The van der Waals surface area contributed by atoms with E-state index in [2.05, 4.69) is 69.3 Å². The van der Waals surface area contributed by atoms with Crippen LogP contribution in [0.2, 0.25) is 0 Å². The van der Waals surface area contributed by atoms with Crippen LogP contribution in [0.5, 0.6) is 0 Å². The Balaban J connectivity index is 2.55. The fourth-order valence-corrected chi connectivity index (χ4v) is 2.34. The third-order valence-corrected chi connectivity index (χ3v) is 3.02. The fraction of sp³-hybridized carbons (Fsp3) is 0.625. The molecule has 1 aromatic carbocycles. The maximum absolute atomic E-state index is 3.60. The van der Waals surface area contributed by atoms with E-state index in [-0.39, 0.29) is 0 Å². The molecule has 0 saturated carbocycles. The predicted molar refractivity (Wildman–Crippen MR) is 80.9 cm³/mol. The molecule has 1 aromatic rings. The van der Waals surface area contributed by atoms with Crippen molar-refractivity contribution in [1.82, 2.24) is 4.90 Å². The minimum absolute atomic E-state index is 0.720. The molecule has 2 nitrogen and oxygen atoms in total. The van der Waals surface area contributed by atoms with Crippen molar-refractivity contribution in [2.75, 3.05) is 26.0 Å². The summed E-state index contributed by atoms with van der Waals surface area (Å²) in [5.74, 6) is 1.50. The van der Waals surface area contributed by atoms with Crippen LogP contribution in [0, 0.1) is 11.8 Å². The molecule has 2 heteroatoms. The number of nitrogens with zero attached hydrogens (tertiary/aromatic N) is 1. The molecule has 18 heavy (non-hydrogen) atoms. The average Bonchev–Trinajstić information content (AvgIpc) is 2.26. The highest BCUT2D eigenvalue weighted by Gasteiger charge is 2.07. The van der Waals surface area contributed by atoms with Crippen LogP contribution in [0.3, 0.4) is 0 Å². The van der Waals surface area contributed by atoms with Gasteiger partial charge in [0, 0.05) is 18.8 Å². The second-order valence-electron chi connectivity index (χ2n) is 6.01. The van der Waals surface area contributed by atoms with Gasteiger partial charge >= 0.3 is 0 Å². The van der Waals surface area contributed by atoms with Gasteiger partial charge in [-0.25, -0.2) is 0 Å². The van der Waals surface area contributed by atoms with Crippen molar-refractivity contribution in [2.45, 2.75) is 33.7 Å². The zero-order valence-electron chi connectivity index (χ0n) is 12.5. The lowest BCUT2D eigenvalue weighted by atomic mass is 9.99. The maximum Gasteiger partial charge on any atom is 0.0385 e. The smallest absolute Gasteiger partial charge is 0.0385 e. The first-order valence-corrected chi connectivity index (χ1v) is 6.95. The van der Waals surface area contributed by atoms with Crippen LogP contribution in [0.1, 0.15) is 32.8 Å². The van der Waals surface area contributed by atoms with E-state index in [1.54, 1.807) is 0 Å². The van der Waals surface area contributed by atoms with Crippen LogP contribution >= 0.6 is 0 Å². The normalized spacial score (nSPS) is 13.1. The Kier molecular flexibility index (Phi) is 6.20. The van der Waals surface area contributed by atoms with E-state index >= 15 is 0 Å². The molecular formula is C16H28N2. The predicted octanol–water partition coefficient (Wildman–Crippen LogP) is 3.84. The van der Waals surface area contributed by atoms with E-state index in [0.29, 0.717) is 0 Å². The van der Waals surface area contributed by atoms with E-state index in [0.717, 1.165) is 24.9 Å². The first-order chi connectivity index (χ1) is 8.49. The topological polar surface area (TPSA) is 15.3 Å². The Morgan fingerprint density at radius 2 is 1.78 bits per heavy atom. The average molecular weight is 248 g/mol. The largest absolute Gasteiger partial charge is 0.385 e. The third-order valence-electron chi connectivity index (χ3n) is 3.02. The standard InChI is InChI=1S/C16H28N2/c1-13(2)10-14(3)11-17-16-9-7-6-8-15(16)12-18(4)5/h6-9,13-14,17H,10-12H2,1-5H3. The lowest BCUT2D eigenvalue weighted by molar-refractivity contribution is 0.402. The zero-order valence-corrected chi connectivity index (χ0v) is 12.5. The molecule has 1 N–H and O–H groups in total. The van der Waals surface area contributed by atoms with Gasteiger partial charge in [-0.2, -0.15) is 0 Å². The Labute approximate surface area is 112 Å². The van der Waals surface area contributed by atoms with Gasteiger partial charge in [0.05, 0.1) is 0 Å². The van der Waals surface area contributed by atoms with E-state index in [9.17, 15) is 0 Å². The first-order valence-electron chi connectivity index (χ1n) is 6.95. The summed E-state index contributed by atoms with van der Waals surface area (Å²) in [5.41, 5.74) is 2.65. The summed E-state index contributed by atoms with van der Waals surface area (Å²) in [4.78, 5) is 2.21. The maximum atomic E-state index is 3.60. The minimum Gasteiger partial charge on any atom is -0.385 e. The summed E-state index contributed by atoms with van der Waals surface area (Å²) in [5, 5.41) is 3.60. The van der Waals surface area contributed by atoms with Gasteiger partial charge < -0.3 is 10.2 Å². The molecular weight excluding hydrogens is 220 g/mol. The lowest BCUT2D eigenvalue weighted by Gasteiger charge is -2.19. The van der Waals surface area contributed by atoms with E-state index in [1.807, 2.05) is 0 Å². The van der Waals surface area contributed by atoms with Gasteiger partial charge in [-0.3, -0.25) is 0 Å². The number of nitrogens with one attached hydrogen (secondary N) is 1. The molecule has 0 spiro atoms. The molecule has 1 atom stereocenters. The van der Waals surface area contributed by atoms with Crippen molar-refractivity contribution in [1.29, 1.82) is 0 Å².